The van der Waals surface area contributed by atoms with E-state index in [1.807, 2.05) is 0 Å². The third-order valence-electron chi connectivity index (χ3n) is 5.12. The summed E-state index contributed by atoms with van der Waals surface area (Å²) in [7, 11) is 0. The number of aromatic nitrogens is 1. The van der Waals surface area contributed by atoms with Crippen LogP contribution in [-0.4, -0.2) is 23.6 Å². The topological polar surface area (TPSA) is 54.1 Å². The quantitative estimate of drug-likeness (QED) is 0.869. The Labute approximate surface area is 144 Å². The molecule has 1 fully saturated rings. The monoisotopic (exact) mass is 328 g/mol. The van der Waals surface area contributed by atoms with E-state index >= 15 is 0 Å². The molecule has 130 valence electrons. The lowest BCUT2D eigenvalue weighted by atomic mass is 9.98. The first-order valence-corrected chi connectivity index (χ1v) is 9.01. The van der Waals surface area contributed by atoms with Crippen molar-refractivity contribution in [2.24, 2.45) is 0 Å². The second-order valence-electron chi connectivity index (χ2n) is 7.07. The highest BCUT2D eigenvalue weighted by molar-refractivity contribution is 5.88. The zero-order valence-corrected chi connectivity index (χ0v) is 15.0. The van der Waals surface area contributed by atoms with Gasteiger partial charge in [-0.2, -0.15) is 0 Å². The van der Waals surface area contributed by atoms with E-state index in [4.69, 9.17) is 4.74 Å². The van der Waals surface area contributed by atoms with Crippen molar-refractivity contribution in [2.75, 3.05) is 6.61 Å². The van der Waals surface area contributed by atoms with Gasteiger partial charge in [0.1, 0.15) is 6.61 Å². The van der Waals surface area contributed by atoms with Crippen molar-refractivity contribution in [3.05, 3.63) is 34.5 Å². The largest absolute Gasteiger partial charge is 0.368 e. The van der Waals surface area contributed by atoms with Gasteiger partial charge in [-0.15, -0.1) is 0 Å². The standard InChI is InChI=1S/C20H28N2O2/c1-13-9-16(20-18(10-13)14(2)15(3)22-20)11-21-19(23)12-24-17-7-5-4-6-8-17/h9-10,17,22H,4-8,11-12H2,1-3H3,(H,21,23). The lowest BCUT2D eigenvalue weighted by Gasteiger charge is -2.21. The zero-order valence-electron chi connectivity index (χ0n) is 15.0. The Morgan fingerprint density at radius 2 is 1.96 bits per heavy atom. The van der Waals surface area contributed by atoms with Gasteiger partial charge in [-0.05, 0) is 50.8 Å². The highest BCUT2D eigenvalue weighted by Crippen LogP contribution is 2.26. The average Bonchev–Trinajstić information content (AvgIpc) is 2.87. The predicted octanol–water partition coefficient (Wildman–Crippen LogP) is 4.06. The molecule has 1 saturated carbocycles. The molecule has 2 aromatic rings. The number of amides is 1. The van der Waals surface area contributed by atoms with Crippen LogP contribution in [0.5, 0.6) is 0 Å². The summed E-state index contributed by atoms with van der Waals surface area (Å²) in [6.07, 6.45) is 6.19. The third-order valence-corrected chi connectivity index (χ3v) is 5.12. The molecular weight excluding hydrogens is 300 g/mol. The van der Waals surface area contributed by atoms with Gasteiger partial charge in [-0.3, -0.25) is 4.79 Å². The number of ether oxygens (including phenoxy) is 1. The summed E-state index contributed by atoms with van der Waals surface area (Å²) in [6, 6.07) is 4.34. The van der Waals surface area contributed by atoms with Crippen LogP contribution in [0, 0.1) is 20.8 Å². The Morgan fingerprint density at radius 3 is 2.71 bits per heavy atom. The number of H-pyrrole nitrogens is 1. The predicted molar refractivity (Wildman–Crippen MR) is 97.2 cm³/mol. The van der Waals surface area contributed by atoms with E-state index < -0.39 is 0 Å². The fourth-order valence-electron chi connectivity index (χ4n) is 3.60. The molecule has 1 amide bonds. The third kappa shape index (κ3) is 3.81. The summed E-state index contributed by atoms with van der Waals surface area (Å²) in [5.41, 5.74) is 5.94. The molecule has 0 spiro atoms. The molecule has 1 heterocycles. The Kier molecular flexibility index (Phi) is 5.24. The van der Waals surface area contributed by atoms with Crippen LogP contribution in [0.1, 0.15) is 54.5 Å². The summed E-state index contributed by atoms with van der Waals surface area (Å²) in [5.74, 6) is -0.0322. The number of hydrogen-bond donors (Lipinski definition) is 2. The molecule has 0 aliphatic heterocycles. The van der Waals surface area contributed by atoms with Gasteiger partial charge < -0.3 is 15.0 Å². The molecule has 3 rings (SSSR count). The molecule has 4 nitrogen and oxygen atoms in total. The summed E-state index contributed by atoms with van der Waals surface area (Å²) in [5, 5.41) is 4.25. The van der Waals surface area contributed by atoms with Crippen LogP contribution in [-0.2, 0) is 16.1 Å². The highest BCUT2D eigenvalue weighted by Gasteiger charge is 2.15. The van der Waals surface area contributed by atoms with Crippen LogP contribution in [0.4, 0.5) is 0 Å². The van der Waals surface area contributed by atoms with Crippen LogP contribution < -0.4 is 5.32 Å². The van der Waals surface area contributed by atoms with Crippen LogP contribution in [0.2, 0.25) is 0 Å². The number of rotatable bonds is 5. The first-order chi connectivity index (χ1) is 11.5. The normalized spacial score (nSPS) is 15.8. The molecule has 0 bridgehead atoms. The highest BCUT2D eigenvalue weighted by atomic mass is 16.5. The number of nitrogens with one attached hydrogen (secondary N) is 2. The Balaban J connectivity index is 1.60. The minimum absolute atomic E-state index is 0.0322. The smallest absolute Gasteiger partial charge is 0.246 e. The maximum absolute atomic E-state index is 12.1. The van der Waals surface area contributed by atoms with Crippen molar-refractivity contribution in [1.82, 2.24) is 10.3 Å². The number of benzene rings is 1. The van der Waals surface area contributed by atoms with Gasteiger partial charge in [0.05, 0.1) is 11.6 Å². The van der Waals surface area contributed by atoms with Crippen molar-refractivity contribution in [3.8, 4) is 0 Å². The van der Waals surface area contributed by atoms with Gasteiger partial charge in [0.25, 0.3) is 0 Å². The second-order valence-corrected chi connectivity index (χ2v) is 7.07. The minimum Gasteiger partial charge on any atom is -0.368 e. The van der Waals surface area contributed by atoms with E-state index in [1.165, 1.54) is 41.5 Å². The molecule has 0 radical (unpaired) electrons. The molecule has 1 aliphatic rings. The summed E-state index contributed by atoms with van der Waals surface area (Å²) < 4.78 is 5.75. The minimum atomic E-state index is -0.0322. The van der Waals surface area contributed by atoms with Gasteiger partial charge in [-0.1, -0.05) is 30.9 Å². The number of fused-ring (bicyclic) bond motifs is 1. The number of aromatic amines is 1. The lowest BCUT2D eigenvalue weighted by Crippen LogP contribution is -2.30. The molecule has 2 N–H and O–H groups in total. The molecular formula is C20H28N2O2. The molecule has 1 aromatic carbocycles. The number of carbonyl (C=O) groups excluding carboxylic acids is 1. The number of carbonyl (C=O) groups is 1. The summed E-state index contributed by atoms with van der Waals surface area (Å²) in [6.45, 7) is 7.02. The molecule has 0 atom stereocenters. The number of aryl methyl sites for hydroxylation is 3. The van der Waals surface area contributed by atoms with Crippen molar-refractivity contribution in [3.63, 3.8) is 0 Å². The van der Waals surface area contributed by atoms with E-state index in [9.17, 15) is 4.79 Å². The second kappa shape index (κ2) is 7.39. The molecule has 4 heteroatoms. The molecule has 1 aromatic heterocycles. The molecule has 24 heavy (non-hydrogen) atoms. The van der Waals surface area contributed by atoms with E-state index in [-0.39, 0.29) is 18.6 Å². The Bertz CT molecular complexity index is 727. The molecule has 1 aliphatic carbocycles. The fourth-order valence-corrected chi connectivity index (χ4v) is 3.60. The van der Waals surface area contributed by atoms with Crippen molar-refractivity contribution in [1.29, 1.82) is 0 Å². The van der Waals surface area contributed by atoms with Crippen LogP contribution >= 0.6 is 0 Å². The first kappa shape index (κ1) is 17.0. The van der Waals surface area contributed by atoms with Crippen LogP contribution in [0.25, 0.3) is 10.9 Å². The maximum atomic E-state index is 12.1. The summed E-state index contributed by atoms with van der Waals surface area (Å²) in [4.78, 5) is 15.6. The molecule has 0 saturated heterocycles. The van der Waals surface area contributed by atoms with E-state index in [1.54, 1.807) is 0 Å². The van der Waals surface area contributed by atoms with Crippen LogP contribution in [0.3, 0.4) is 0 Å². The van der Waals surface area contributed by atoms with E-state index in [0.717, 1.165) is 23.9 Å². The number of hydrogen-bond acceptors (Lipinski definition) is 2. The fraction of sp³-hybridized carbons (Fsp3) is 0.550. The zero-order chi connectivity index (χ0) is 17.1. The Hall–Kier alpha value is -1.81. The van der Waals surface area contributed by atoms with E-state index in [0.29, 0.717) is 6.54 Å². The maximum Gasteiger partial charge on any atom is 0.246 e. The van der Waals surface area contributed by atoms with Crippen molar-refractivity contribution >= 4 is 16.8 Å². The van der Waals surface area contributed by atoms with Crippen LogP contribution in [0.15, 0.2) is 12.1 Å². The average molecular weight is 328 g/mol. The summed E-state index contributed by atoms with van der Waals surface area (Å²) >= 11 is 0. The molecule has 0 unspecified atom stereocenters. The van der Waals surface area contributed by atoms with Crippen molar-refractivity contribution < 1.29 is 9.53 Å². The van der Waals surface area contributed by atoms with E-state index in [2.05, 4.69) is 43.2 Å². The SMILES string of the molecule is Cc1cc(CNC(=O)COC2CCCCC2)c2[nH]c(C)c(C)c2c1. The van der Waals surface area contributed by atoms with Gasteiger partial charge in [-0.25, -0.2) is 0 Å². The van der Waals surface area contributed by atoms with Gasteiger partial charge in [0.2, 0.25) is 5.91 Å². The van der Waals surface area contributed by atoms with Gasteiger partial charge in [0.15, 0.2) is 0 Å². The van der Waals surface area contributed by atoms with Gasteiger partial charge >= 0.3 is 0 Å². The Morgan fingerprint density at radius 1 is 1.21 bits per heavy atom. The first-order valence-electron chi connectivity index (χ1n) is 9.01. The lowest BCUT2D eigenvalue weighted by molar-refractivity contribution is -0.128. The van der Waals surface area contributed by atoms with Crippen molar-refractivity contribution in [2.45, 2.75) is 65.5 Å². The van der Waals surface area contributed by atoms with Gasteiger partial charge in [0, 0.05) is 17.6 Å².